The summed E-state index contributed by atoms with van der Waals surface area (Å²) in [5.74, 6) is 1.07. The van der Waals surface area contributed by atoms with Gasteiger partial charge in [-0.25, -0.2) is 19.0 Å². The fourth-order valence-electron chi connectivity index (χ4n) is 5.24. The first kappa shape index (κ1) is 27.6. The molecule has 9 heteroatoms. The third-order valence-corrected chi connectivity index (χ3v) is 7.35. The molecule has 0 N–H and O–H groups in total. The maximum absolute atomic E-state index is 12.9. The van der Waals surface area contributed by atoms with E-state index in [1.807, 2.05) is 28.9 Å². The highest BCUT2D eigenvalue weighted by Gasteiger charge is 2.25. The average molecular weight is 546 g/mol. The molecule has 1 aliphatic rings. The molecule has 0 bridgehead atoms. The molecule has 0 unspecified atom stereocenters. The van der Waals surface area contributed by atoms with Gasteiger partial charge in [-0.1, -0.05) is 13.8 Å². The van der Waals surface area contributed by atoms with E-state index < -0.39 is 5.97 Å². The Hall–Kier alpha value is -3.98. The van der Waals surface area contributed by atoms with Gasteiger partial charge in [0.05, 0.1) is 51.7 Å². The molecule has 0 amide bonds. The summed E-state index contributed by atoms with van der Waals surface area (Å²) in [6, 6.07) is 12.2. The second kappa shape index (κ2) is 12.0. The lowest BCUT2D eigenvalue weighted by atomic mass is 9.98. The number of pyridine rings is 2. The van der Waals surface area contributed by atoms with Crippen LogP contribution in [0.4, 0.5) is 0 Å². The fourth-order valence-corrected chi connectivity index (χ4v) is 5.24. The van der Waals surface area contributed by atoms with Gasteiger partial charge in [0.15, 0.2) is 29.8 Å². The van der Waals surface area contributed by atoms with Crippen LogP contribution in [0.15, 0.2) is 48.8 Å². The van der Waals surface area contributed by atoms with Crippen LogP contribution in [0.1, 0.15) is 67.3 Å². The van der Waals surface area contributed by atoms with E-state index in [-0.39, 0.29) is 18.2 Å². The van der Waals surface area contributed by atoms with Gasteiger partial charge < -0.3 is 18.9 Å². The number of methoxy groups -OCH3 is 2. The van der Waals surface area contributed by atoms with E-state index in [2.05, 4.69) is 42.9 Å². The van der Waals surface area contributed by atoms with Gasteiger partial charge in [-0.3, -0.25) is 0 Å². The molecule has 4 aromatic rings. The molecule has 4 heterocycles. The van der Waals surface area contributed by atoms with Gasteiger partial charge in [-0.15, -0.1) is 0 Å². The Morgan fingerprint density at radius 3 is 2.50 bits per heavy atom. The van der Waals surface area contributed by atoms with Crippen LogP contribution >= 0.6 is 0 Å². The van der Waals surface area contributed by atoms with E-state index in [0.717, 1.165) is 53.8 Å². The number of carbonyl (C=O) groups excluding carboxylic acids is 1. The van der Waals surface area contributed by atoms with Gasteiger partial charge in [-0.2, -0.15) is 5.10 Å². The third-order valence-electron chi connectivity index (χ3n) is 7.35. The number of hydrogen-bond donors (Lipinski definition) is 0. The predicted molar refractivity (Wildman–Crippen MR) is 151 cm³/mol. The van der Waals surface area contributed by atoms with Crippen molar-refractivity contribution < 1.29 is 28.3 Å². The first-order chi connectivity index (χ1) is 19.4. The van der Waals surface area contributed by atoms with Gasteiger partial charge in [0.25, 0.3) is 0 Å². The summed E-state index contributed by atoms with van der Waals surface area (Å²) in [6.07, 6.45) is 6.22. The largest absolute Gasteiger partial charge is 0.497 e. The Bertz CT molecular complexity index is 1490. The van der Waals surface area contributed by atoms with Crippen LogP contribution in [0.2, 0.25) is 0 Å². The second-order valence-corrected chi connectivity index (χ2v) is 10.2. The van der Waals surface area contributed by atoms with Crippen molar-refractivity contribution in [3.8, 4) is 22.6 Å². The SMILES string of the molecule is CCOC(=O)c1cc(-c2cc[n+](C3CCOCC3)cc2)c2c(C(C)C)nn(Cc3ccc(OC)cc3OC)c2n1. The molecule has 1 fully saturated rings. The Balaban J connectivity index is 1.66. The summed E-state index contributed by atoms with van der Waals surface area (Å²) in [5, 5.41) is 5.95. The number of ether oxygens (including phenoxy) is 4. The molecule has 0 spiro atoms. The van der Waals surface area contributed by atoms with E-state index in [9.17, 15) is 4.79 Å². The molecular formula is C31H37N4O5+. The maximum atomic E-state index is 12.9. The summed E-state index contributed by atoms with van der Waals surface area (Å²) in [6.45, 7) is 8.27. The number of benzene rings is 1. The molecule has 0 radical (unpaired) electrons. The van der Waals surface area contributed by atoms with Crippen molar-refractivity contribution in [1.82, 2.24) is 14.8 Å². The number of esters is 1. The molecule has 1 aromatic carbocycles. The monoisotopic (exact) mass is 545 g/mol. The number of carbonyl (C=O) groups is 1. The molecule has 1 saturated heterocycles. The summed E-state index contributed by atoms with van der Waals surface area (Å²) >= 11 is 0. The van der Waals surface area contributed by atoms with E-state index in [4.69, 9.17) is 29.0 Å². The first-order valence-corrected chi connectivity index (χ1v) is 13.8. The van der Waals surface area contributed by atoms with Crippen LogP contribution in [0.3, 0.4) is 0 Å². The van der Waals surface area contributed by atoms with Crippen LogP contribution in [-0.4, -0.2) is 54.8 Å². The zero-order valence-corrected chi connectivity index (χ0v) is 23.8. The Morgan fingerprint density at radius 2 is 1.85 bits per heavy atom. The molecule has 0 saturated carbocycles. The summed E-state index contributed by atoms with van der Waals surface area (Å²) in [7, 11) is 3.26. The number of fused-ring (bicyclic) bond motifs is 1. The van der Waals surface area contributed by atoms with Crippen LogP contribution in [-0.2, 0) is 16.0 Å². The summed E-state index contributed by atoms with van der Waals surface area (Å²) < 4.78 is 26.0. The molecule has 0 aliphatic carbocycles. The van der Waals surface area contributed by atoms with E-state index in [1.54, 1.807) is 21.1 Å². The van der Waals surface area contributed by atoms with Gasteiger partial charge >= 0.3 is 5.97 Å². The topological polar surface area (TPSA) is 88.6 Å². The van der Waals surface area contributed by atoms with E-state index in [1.165, 1.54) is 0 Å². The van der Waals surface area contributed by atoms with Crippen molar-refractivity contribution in [2.45, 2.75) is 52.1 Å². The minimum Gasteiger partial charge on any atom is -0.497 e. The minimum atomic E-state index is -0.459. The van der Waals surface area contributed by atoms with Crippen LogP contribution in [0.5, 0.6) is 11.5 Å². The van der Waals surface area contributed by atoms with Crippen molar-refractivity contribution in [2.75, 3.05) is 34.0 Å². The van der Waals surface area contributed by atoms with Crippen LogP contribution in [0, 0.1) is 0 Å². The van der Waals surface area contributed by atoms with Crippen molar-refractivity contribution in [1.29, 1.82) is 0 Å². The minimum absolute atomic E-state index is 0.131. The van der Waals surface area contributed by atoms with Gasteiger partial charge in [-0.05, 0) is 42.2 Å². The van der Waals surface area contributed by atoms with Crippen LogP contribution < -0.4 is 14.0 Å². The molecule has 40 heavy (non-hydrogen) atoms. The first-order valence-electron chi connectivity index (χ1n) is 13.8. The zero-order chi connectivity index (χ0) is 28.2. The molecule has 9 nitrogen and oxygen atoms in total. The summed E-state index contributed by atoms with van der Waals surface area (Å²) in [4.78, 5) is 17.8. The Labute approximate surface area is 234 Å². The maximum Gasteiger partial charge on any atom is 0.357 e. The number of nitrogens with zero attached hydrogens (tertiary/aromatic N) is 4. The van der Waals surface area contributed by atoms with Crippen LogP contribution in [0.25, 0.3) is 22.2 Å². The van der Waals surface area contributed by atoms with Crippen molar-refractivity contribution in [3.05, 3.63) is 65.7 Å². The average Bonchev–Trinajstić information content (AvgIpc) is 3.36. The van der Waals surface area contributed by atoms with E-state index >= 15 is 0 Å². The predicted octanol–water partition coefficient (Wildman–Crippen LogP) is 5.10. The zero-order valence-electron chi connectivity index (χ0n) is 23.8. The number of aromatic nitrogens is 4. The van der Waals surface area contributed by atoms with Crippen molar-refractivity contribution in [2.24, 2.45) is 0 Å². The third kappa shape index (κ3) is 5.51. The Morgan fingerprint density at radius 1 is 1.10 bits per heavy atom. The highest BCUT2D eigenvalue weighted by Crippen LogP contribution is 2.35. The summed E-state index contributed by atoms with van der Waals surface area (Å²) in [5.41, 5.74) is 4.62. The number of rotatable bonds is 9. The van der Waals surface area contributed by atoms with Gasteiger partial charge in [0.2, 0.25) is 0 Å². The second-order valence-electron chi connectivity index (χ2n) is 10.2. The highest BCUT2D eigenvalue weighted by atomic mass is 16.5. The molecule has 0 atom stereocenters. The molecule has 210 valence electrons. The molecular weight excluding hydrogens is 508 g/mol. The standard InChI is InChI=1S/C31H37N4O5/c1-6-40-31(36)26-18-25(21-9-13-34(14-10-21)23-11-15-39-16-12-23)28-29(20(2)3)33-35(30(28)32-26)19-22-7-8-24(37-4)17-27(22)38-5/h7-10,13-14,17-18,20,23H,6,11-12,15-16,19H2,1-5H3/q+1. The van der Waals surface area contributed by atoms with Gasteiger partial charge in [0, 0.05) is 36.6 Å². The lowest BCUT2D eigenvalue weighted by Gasteiger charge is -2.18. The molecule has 3 aromatic heterocycles. The smallest absolute Gasteiger partial charge is 0.357 e. The lowest BCUT2D eigenvalue weighted by Crippen LogP contribution is -2.41. The highest BCUT2D eigenvalue weighted by molar-refractivity contribution is 6.00. The van der Waals surface area contributed by atoms with Gasteiger partial charge in [0.1, 0.15) is 11.5 Å². The fraction of sp³-hybridized carbons (Fsp3) is 0.419. The lowest BCUT2D eigenvalue weighted by molar-refractivity contribution is -0.726. The van der Waals surface area contributed by atoms with Crippen molar-refractivity contribution in [3.63, 3.8) is 0 Å². The number of hydrogen-bond acceptors (Lipinski definition) is 7. The Kier molecular flexibility index (Phi) is 8.30. The molecule has 1 aliphatic heterocycles. The van der Waals surface area contributed by atoms with Crippen molar-refractivity contribution >= 4 is 17.0 Å². The normalized spacial score (nSPS) is 14.1. The van der Waals surface area contributed by atoms with E-state index in [0.29, 0.717) is 29.7 Å². The quantitative estimate of drug-likeness (QED) is 0.214. The molecule has 5 rings (SSSR count).